The van der Waals surface area contributed by atoms with E-state index in [1.165, 1.54) is 6.07 Å². The van der Waals surface area contributed by atoms with Crippen molar-refractivity contribution in [2.24, 2.45) is 5.92 Å². The van der Waals surface area contributed by atoms with Crippen LogP contribution in [0.4, 0.5) is 0 Å². The summed E-state index contributed by atoms with van der Waals surface area (Å²) in [5, 5.41) is 23.3. The van der Waals surface area contributed by atoms with Gasteiger partial charge in [0.2, 0.25) is 5.91 Å². The molecule has 2 aliphatic heterocycles. The van der Waals surface area contributed by atoms with Crippen molar-refractivity contribution in [3.63, 3.8) is 0 Å². The number of hydrogen-bond acceptors (Lipinski definition) is 4. The zero-order valence-electron chi connectivity index (χ0n) is 12.6. The number of halogens is 2. The summed E-state index contributed by atoms with van der Waals surface area (Å²) in [5.41, 5.74) is 0.603. The molecule has 0 unspecified atom stereocenters. The molecule has 1 amide bonds. The Morgan fingerprint density at radius 2 is 2.17 bits per heavy atom. The fraction of sp³-hybridized carbons (Fsp3) is 0.562. The van der Waals surface area contributed by atoms with Crippen molar-refractivity contribution >= 4 is 29.1 Å². The van der Waals surface area contributed by atoms with Crippen molar-refractivity contribution in [3.05, 3.63) is 27.7 Å². The minimum atomic E-state index is -0.107. The minimum Gasteiger partial charge on any atom is -0.508 e. The molecule has 0 aliphatic carbocycles. The highest BCUT2D eigenvalue weighted by Gasteiger charge is 2.35. The average molecular weight is 359 g/mol. The standard InChI is InChI=1S/C16H20Cl2N2O3/c17-11-1-2-13(22)15(16(11)18)12-5-9(7-19-12)6-14(23)20-4-3-10(20)8-21/h1-2,9-10,12,19,21-22H,3-8H2/t9-,10-,12+/m0/s1. The van der Waals surface area contributed by atoms with Crippen LogP contribution in [0.5, 0.6) is 5.75 Å². The number of benzene rings is 1. The number of likely N-dealkylation sites (tertiary alicyclic amines) is 1. The predicted molar refractivity (Wildman–Crippen MR) is 88.8 cm³/mol. The van der Waals surface area contributed by atoms with Gasteiger partial charge in [-0.25, -0.2) is 0 Å². The molecule has 3 atom stereocenters. The van der Waals surface area contributed by atoms with Crippen LogP contribution in [-0.4, -0.2) is 46.8 Å². The SMILES string of the molecule is O=C(C[C@H]1CN[C@@H](c2c(O)ccc(Cl)c2Cl)C1)N1CC[C@H]1CO. The van der Waals surface area contributed by atoms with Gasteiger partial charge in [-0.15, -0.1) is 0 Å². The topological polar surface area (TPSA) is 72.8 Å². The Bertz CT molecular complexity index is 609. The lowest BCUT2D eigenvalue weighted by atomic mass is 9.95. The average Bonchev–Trinajstić information content (AvgIpc) is 2.91. The summed E-state index contributed by atoms with van der Waals surface area (Å²) in [5.74, 6) is 0.387. The maximum Gasteiger partial charge on any atom is 0.223 e. The quantitative estimate of drug-likeness (QED) is 0.772. The van der Waals surface area contributed by atoms with E-state index in [0.717, 1.165) is 19.4 Å². The smallest absolute Gasteiger partial charge is 0.223 e. The van der Waals surface area contributed by atoms with E-state index in [2.05, 4.69) is 5.32 Å². The number of carbonyl (C=O) groups excluding carboxylic acids is 1. The third-order valence-electron chi connectivity index (χ3n) is 4.82. The molecule has 3 N–H and O–H groups in total. The molecule has 2 saturated heterocycles. The molecule has 1 aromatic carbocycles. The Labute approximate surface area is 145 Å². The molecule has 3 rings (SSSR count). The van der Waals surface area contributed by atoms with E-state index >= 15 is 0 Å². The first-order valence-corrected chi connectivity index (χ1v) is 8.57. The summed E-state index contributed by atoms with van der Waals surface area (Å²) >= 11 is 12.2. The summed E-state index contributed by atoms with van der Waals surface area (Å²) in [6.45, 7) is 1.45. The first-order valence-electron chi connectivity index (χ1n) is 7.81. The second-order valence-electron chi connectivity index (χ2n) is 6.27. The molecule has 23 heavy (non-hydrogen) atoms. The van der Waals surface area contributed by atoms with E-state index in [1.54, 1.807) is 11.0 Å². The van der Waals surface area contributed by atoms with E-state index in [1.807, 2.05) is 0 Å². The van der Waals surface area contributed by atoms with Crippen LogP contribution in [0.1, 0.15) is 30.9 Å². The van der Waals surface area contributed by atoms with Crippen LogP contribution in [0, 0.1) is 5.92 Å². The van der Waals surface area contributed by atoms with Gasteiger partial charge in [-0.2, -0.15) is 0 Å². The number of aliphatic hydroxyl groups is 1. The number of amides is 1. The molecule has 0 bridgehead atoms. The van der Waals surface area contributed by atoms with Crippen LogP contribution in [-0.2, 0) is 4.79 Å². The molecule has 1 aromatic rings. The van der Waals surface area contributed by atoms with Gasteiger partial charge in [-0.05, 0) is 37.4 Å². The van der Waals surface area contributed by atoms with Crippen molar-refractivity contribution < 1.29 is 15.0 Å². The highest BCUT2D eigenvalue weighted by molar-refractivity contribution is 6.42. The maximum absolute atomic E-state index is 12.3. The number of aromatic hydroxyl groups is 1. The van der Waals surface area contributed by atoms with Crippen molar-refractivity contribution in [3.8, 4) is 5.75 Å². The van der Waals surface area contributed by atoms with Crippen molar-refractivity contribution in [2.75, 3.05) is 19.7 Å². The number of carbonyl (C=O) groups is 1. The second-order valence-corrected chi connectivity index (χ2v) is 7.06. The summed E-state index contributed by atoms with van der Waals surface area (Å²) in [7, 11) is 0. The fourth-order valence-electron chi connectivity index (χ4n) is 3.40. The second kappa shape index (κ2) is 6.85. The molecule has 2 aliphatic rings. The first-order chi connectivity index (χ1) is 11.0. The van der Waals surface area contributed by atoms with Crippen LogP contribution < -0.4 is 5.32 Å². The van der Waals surface area contributed by atoms with Crippen LogP contribution in [0.25, 0.3) is 0 Å². The Morgan fingerprint density at radius 3 is 2.83 bits per heavy atom. The monoisotopic (exact) mass is 358 g/mol. The number of nitrogens with zero attached hydrogens (tertiary/aromatic N) is 1. The van der Waals surface area contributed by atoms with Crippen LogP contribution >= 0.6 is 23.2 Å². The summed E-state index contributed by atoms with van der Waals surface area (Å²) in [4.78, 5) is 14.0. The van der Waals surface area contributed by atoms with E-state index < -0.39 is 0 Å². The summed E-state index contributed by atoms with van der Waals surface area (Å²) in [6.07, 6.45) is 2.04. The number of hydrogen-bond donors (Lipinski definition) is 3. The van der Waals surface area contributed by atoms with E-state index in [-0.39, 0.29) is 36.3 Å². The lowest BCUT2D eigenvalue weighted by Gasteiger charge is -2.40. The van der Waals surface area contributed by atoms with Crippen LogP contribution in [0.15, 0.2) is 12.1 Å². The van der Waals surface area contributed by atoms with Gasteiger partial charge < -0.3 is 20.4 Å². The molecule has 2 heterocycles. The summed E-state index contributed by atoms with van der Waals surface area (Å²) in [6, 6.07) is 2.98. The Morgan fingerprint density at radius 1 is 1.39 bits per heavy atom. The molecule has 0 aromatic heterocycles. The molecule has 0 spiro atoms. The first kappa shape index (κ1) is 16.8. The van der Waals surface area contributed by atoms with Gasteiger partial charge in [0.25, 0.3) is 0 Å². The molecule has 0 saturated carbocycles. The van der Waals surface area contributed by atoms with Gasteiger partial charge in [0.15, 0.2) is 0 Å². The van der Waals surface area contributed by atoms with E-state index in [4.69, 9.17) is 23.2 Å². The molecule has 126 valence electrons. The molecular weight excluding hydrogens is 339 g/mol. The third-order valence-corrected chi connectivity index (χ3v) is 5.64. The summed E-state index contributed by atoms with van der Waals surface area (Å²) < 4.78 is 0. The lowest BCUT2D eigenvalue weighted by Crippen LogP contribution is -2.53. The van der Waals surface area contributed by atoms with Crippen LogP contribution in [0.2, 0.25) is 10.0 Å². The molecule has 7 heteroatoms. The highest BCUT2D eigenvalue weighted by Crippen LogP contribution is 2.41. The zero-order valence-corrected chi connectivity index (χ0v) is 14.1. The molecule has 2 fully saturated rings. The van der Waals surface area contributed by atoms with Crippen molar-refractivity contribution in [1.29, 1.82) is 0 Å². The Hall–Kier alpha value is -1.01. The molecular formula is C16H20Cl2N2O3. The third kappa shape index (κ3) is 3.29. The van der Waals surface area contributed by atoms with Gasteiger partial charge in [0, 0.05) is 24.6 Å². The van der Waals surface area contributed by atoms with E-state index in [9.17, 15) is 15.0 Å². The lowest BCUT2D eigenvalue weighted by molar-refractivity contribution is -0.141. The number of aliphatic hydroxyl groups excluding tert-OH is 1. The number of nitrogens with one attached hydrogen (secondary N) is 1. The van der Waals surface area contributed by atoms with Gasteiger partial charge in [0.1, 0.15) is 5.75 Å². The largest absolute Gasteiger partial charge is 0.508 e. The van der Waals surface area contributed by atoms with Gasteiger partial charge >= 0.3 is 0 Å². The zero-order chi connectivity index (χ0) is 16.6. The fourth-order valence-corrected chi connectivity index (χ4v) is 3.85. The normalized spacial score (nSPS) is 27.1. The maximum atomic E-state index is 12.3. The van der Waals surface area contributed by atoms with Crippen LogP contribution in [0.3, 0.4) is 0 Å². The van der Waals surface area contributed by atoms with Crippen molar-refractivity contribution in [2.45, 2.75) is 31.3 Å². The number of phenols is 1. The Kier molecular flexibility index (Phi) is 5.01. The number of phenolic OH excluding ortho intramolecular Hbond substituents is 1. The molecule has 0 radical (unpaired) electrons. The van der Waals surface area contributed by atoms with Gasteiger partial charge in [-0.3, -0.25) is 4.79 Å². The predicted octanol–water partition coefficient (Wildman–Crippen LogP) is 2.33. The molecule has 5 nitrogen and oxygen atoms in total. The van der Waals surface area contributed by atoms with Gasteiger partial charge in [-0.1, -0.05) is 23.2 Å². The van der Waals surface area contributed by atoms with E-state index in [0.29, 0.717) is 28.6 Å². The van der Waals surface area contributed by atoms with Gasteiger partial charge in [0.05, 0.1) is 22.7 Å². The number of rotatable bonds is 4. The van der Waals surface area contributed by atoms with Crippen molar-refractivity contribution in [1.82, 2.24) is 10.2 Å². The Balaban J connectivity index is 1.63. The highest BCUT2D eigenvalue weighted by atomic mass is 35.5. The minimum absolute atomic E-state index is 0.0147.